The van der Waals surface area contributed by atoms with Gasteiger partial charge in [-0.05, 0) is 38.5 Å². The molecule has 0 aromatic heterocycles. The molecular formula is C18H36N2O2. The summed E-state index contributed by atoms with van der Waals surface area (Å²) < 4.78 is 0. The first-order valence-electron chi connectivity index (χ1n) is 9.16. The monoisotopic (exact) mass is 312 g/mol. The predicted octanol–water partition coefficient (Wildman–Crippen LogP) is 3.84. The second-order valence-corrected chi connectivity index (χ2v) is 5.97. The molecule has 0 N–H and O–H groups in total. The minimum atomic E-state index is 0.245. The Morgan fingerprint density at radius 2 is 0.864 bits per heavy atom. The van der Waals surface area contributed by atoms with Gasteiger partial charge >= 0.3 is 0 Å². The molecule has 0 radical (unpaired) electrons. The normalized spacial score (nSPS) is 10.5. The van der Waals surface area contributed by atoms with E-state index in [9.17, 15) is 9.59 Å². The van der Waals surface area contributed by atoms with Crippen LogP contribution in [0.25, 0.3) is 0 Å². The van der Waals surface area contributed by atoms with E-state index in [1.165, 1.54) is 0 Å². The summed E-state index contributed by atoms with van der Waals surface area (Å²) in [5.74, 6) is 0.491. The first-order chi connectivity index (χ1) is 10.6. The van der Waals surface area contributed by atoms with Crippen LogP contribution in [0.5, 0.6) is 0 Å². The average Bonchev–Trinajstić information content (AvgIpc) is 2.50. The van der Waals surface area contributed by atoms with Gasteiger partial charge in [0.15, 0.2) is 0 Å². The van der Waals surface area contributed by atoms with Crippen LogP contribution in [0.15, 0.2) is 0 Å². The van der Waals surface area contributed by atoms with Gasteiger partial charge in [-0.3, -0.25) is 9.59 Å². The summed E-state index contributed by atoms with van der Waals surface area (Å²) in [4.78, 5) is 28.2. The van der Waals surface area contributed by atoms with Crippen molar-refractivity contribution in [2.45, 2.75) is 79.1 Å². The van der Waals surface area contributed by atoms with Crippen LogP contribution in [0.4, 0.5) is 0 Å². The number of hydrogen-bond donors (Lipinski definition) is 0. The van der Waals surface area contributed by atoms with Crippen molar-refractivity contribution in [1.29, 1.82) is 0 Å². The van der Waals surface area contributed by atoms with Crippen LogP contribution in [0.2, 0.25) is 0 Å². The fourth-order valence-electron chi connectivity index (χ4n) is 2.67. The highest BCUT2D eigenvalue weighted by Crippen LogP contribution is 2.08. The molecule has 4 heteroatoms. The van der Waals surface area contributed by atoms with Gasteiger partial charge in [-0.25, -0.2) is 0 Å². The summed E-state index contributed by atoms with van der Waals surface area (Å²) in [6.07, 6.45) is 6.83. The van der Waals surface area contributed by atoms with E-state index in [2.05, 4.69) is 27.7 Å². The number of unbranched alkanes of at least 4 members (excludes halogenated alkanes) is 1. The summed E-state index contributed by atoms with van der Waals surface area (Å²) in [6, 6.07) is 0. The quantitative estimate of drug-likeness (QED) is 0.485. The minimum Gasteiger partial charge on any atom is -0.343 e. The largest absolute Gasteiger partial charge is 0.343 e. The van der Waals surface area contributed by atoms with Crippen molar-refractivity contribution in [3.05, 3.63) is 0 Å². The number of nitrogens with zero attached hydrogens (tertiary/aromatic N) is 2. The Morgan fingerprint density at radius 3 is 1.09 bits per heavy atom. The van der Waals surface area contributed by atoms with Crippen molar-refractivity contribution >= 4 is 11.8 Å². The fourth-order valence-corrected chi connectivity index (χ4v) is 2.67. The molecule has 2 amide bonds. The van der Waals surface area contributed by atoms with Crippen LogP contribution in [0, 0.1) is 0 Å². The van der Waals surface area contributed by atoms with Gasteiger partial charge in [-0.2, -0.15) is 0 Å². The zero-order valence-electron chi connectivity index (χ0n) is 15.2. The molecule has 0 rings (SSSR count). The van der Waals surface area contributed by atoms with Gasteiger partial charge in [0.05, 0.1) is 0 Å². The summed E-state index contributed by atoms with van der Waals surface area (Å²) in [6.45, 7) is 11.8. The van der Waals surface area contributed by atoms with Crippen LogP contribution in [-0.4, -0.2) is 47.8 Å². The van der Waals surface area contributed by atoms with E-state index in [-0.39, 0.29) is 11.8 Å². The summed E-state index contributed by atoms with van der Waals surface area (Å²) in [7, 11) is 0. The third kappa shape index (κ3) is 9.06. The average molecular weight is 312 g/mol. The maximum atomic E-state index is 12.1. The molecule has 0 atom stereocenters. The molecule has 0 bridgehead atoms. The van der Waals surface area contributed by atoms with Crippen LogP contribution in [-0.2, 0) is 9.59 Å². The summed E-state index contributed by atoms with van der Waals surface area (Å²) >= 11 is 0. The van der Waals surface area contributed by atoms with E-state index in [1.807, 2.05) is 9.80 Å². The first kappa shape index (κ1) is 20.9. The molecular weight excluding hydrogens is 276 g/mol. The molecule has 130 valence electrons. The third-order valence-corrected chi connectivity index (χ3v) is 3.71. The number of amides is 2. The smallest absolute Gasteiger partial charge is 0.222 e. The highest BCUT2D eigenvalue weighted by Gasteiger charge is 2.13. The van der Waals surface area contributed by atoms with Gasteiger partial charge < -0.3 is 9.80 Å². The SMILES string of the molecule is CCCN(CCC)C(=O)CCCCC(=O)N(CCC)CCC. The molecule has 0 unspecified atom stereocenters. The molecule has 0 fully saturated rings. The van der Waals surface area contributed by atoms with E-state index in [1.54, 1.807) is 0 Å². The number of carbonyl (C=O) groups is 2. The van der Waals surface area contributed by atoms with E-state index < -0.39 is 0 Å². The lowest BCUT2D eigenvalue weighted by Gasteiger charge is -2.22. The van der Waals surface area contributed by atoms with E-state index in [0.29, 0.717) is 12.8 Å². The standard InChI is InChI=1S/C18H36N2O2/c1-5-13-19(14-6-2)17(21)11-9-10-12-18(22)20(15-7-3)16-8-4/h5-16H2,1-4H3. The molecule has 0 aliphatic carbocycles. The second kappa shape index (κ2) is 13.6. The molecule has 0 aliphatic heterocycles. The molecule has 0 spiro atoms. The van der Waals surface area contributed by atoms with Crippen molar-refractivity contribution in [2.75, 3.05) is 26.2 Å². The van der Waals surface area contributed by atoms with Crippen LogP contribution in [0.3, 0.4) is 0 Å². The minimum absolute atomic E-state index is 0.245. The van der Waals surface area contributed by atoms with Crippen molar-refractivity contribution in [1.82, 2.24) is 9.80 Å². The molecule has 0 aliphatic rings. The second-order valence-electron chi connectivity index (χ2n) is 5.97. The summed E-state index contributed by atoms with van der Waals surface area (Å²) in [5, 5.41) is 0. The van der Waals surface area contributed by atoms with Gasteiger partial charge in [0.2, 0.25) is 11.8 Å². The highest BCUT2D eigenvalue weighted by atomic mass is 16.2. The van der Waals surface area contributed by atoms with Crippen molar-refractivity contribution in [3.8, 4) is 0 Å². The first-order valence-corrected chi connectivity index (χ1v) is 9.16. The Bertz CT molecular complexity index is 263. The van der Waals surface area contributed by atoms with E-state index >= 15 is 0 Å². The van der Waals surface area contributed by atoms with Gasteiger partial charge in [0.25, 0.3) is 0 Å². The zero-order valence-corrected chi connectivity index (χ0v) is 15.2. The predicted molar refractivity (Wildman–Crippen MR) is 92.8 cm³/mol. The van der Waals surface area contributed by atoms with E-state index in [0.717, 1.165) is 64.7 Å². The van der Waals surface area contributed by atoms with Gasteiger partial charge in [0, 0.05) is 39.0 Å². The number of carbonyl (C=O) groups excluding carboxylic acids is 2. The molecule has 0 aromatic rings. The zero-order chi connectivity index (χ0) is 16.8. The highest BCUT2D eigenvalue weighted by molar-refractivity contribution is 5.77. The number of hydrogen-bond acceptors (Lipinski definition) is 2. The number of rotatable bonds is 13. The lowest BCUT2D eigenvalue weighted by Crippen LogP contribution is -2.33. The van der Waals surface area contributed by atoms with Crippen molar-refractivity contribution < 1.29 is 9.59 Å². The fraction of sp³-hybridized carbons (Fsp3) is 0.889. The van der Waals surface area contributed by atoms with Crippen molar-refractivity contribution in [3.63, 3.8) is 0 Å². The topological polar surface area (TPSA) is 40.6 Å². The third-order valence-electron chi connectivity index (χ3n) is 3.71. The van der Waals surface area contributed by atoms with Gasteiger partial charge in [-0.1, -0.05) is 27.7 Å². The summed E-state index contributed by atoms with van der Waals surface area (Å²) in [5.41, 5.74) is 0. The lowest BCUT2D eigenvalue weighted by atomic mass is 10.1. The lowest BCUT2D eigenvalue weighted by molar-refractivity contribution is -0.133. The Kier molecular flexibility index (Phi) is 12.9. The van der Waals surface area contributed by atoms with Gasteiger partial charge in [0.1, 0.15) is 0 Å². The molecule has 0 saturated carbocycles. The maximum absolute atomic E-state index is 12.1. The van der Waals surface area contributed by atoms with Gasteiger partial charge in [-0.15, -0.1) is 0 Å². The molecule has 22 heavy (non-hydrogen) atoms. The van der Waals surface area contributed by atoms with Crippen molar-refractivity contribution in [2.24, 2.45) is 0 Å². The Labute approximate surface area is 137 Å². The Balaban J connectivity index is 4.03. The van der Waals surface area contributed by atoms with Crippen LogP contribution >= 0.6 is 0 Å². The van der Waals surface area contributed by atoms with Crippen LogP contribution < -0.4 is 0 Å². The molecule has 0 heterocycles. The molecule has 0 saturated heterocycles. The maximum Gasteiger partial charge on any atom is 0.222 e. The van der Waals surface area contributed by atoms with E-state index in [4.69, 9.17) is 0 Å². The molecule has 0 aromatic carbocycles. The Morgan fingerprint density at radius 1 is 0.591 bits per heavy atom. The Hall–Kier alpha value is -1.06. The molecule has 4 nitrogen and oxygen atoms in total. The van der Waals surface area contributed by atoms with Crippen LogP contribution in [0.1, 0.15) is 79.1 Å².